The maximum absolute atomic E-state index is 11.7. The molecule has 1 saturated heterocycles. The van der Waals surface area contributed by atoms with E-state index in [2.05, 4.69) is 39.5 Å². The van der Waals surface area contributed by atoms with Gasteiger partial charge in [0.2, 0.25) is 0 Å². The van der Waals surface area contributed by atoms with E-state index in [9.17, 15) is 4.79 Å². The maximum atomic E-state index is 11.7. The Hall–Kier alpha value is -1.15. The van der Waals surface area contributed by atoms with E-state index in [1.165, 1.54) is 50.3 Å². The minimum atomic E-state index is -0.476. The number of alkyl carbamates (subject to hydrolysis) is 1. The minimum Gasteiger partial charge on any atom is -0.444 e. The van der Waals surface area contributed by atoms with Gasteiger partial charge < -0.3 is 20.7 Å². The summed E-state index contributed by atoms with van der Waals surface area (Å²) in [4.78, 5) is 19.3. The summed E-state index contributed by atoms with van der Waals surface area (Å²) in [6.45, 7) is 12.8. The first-order valence-corrected chi connectivity index (χ1v) is 11.8. The Balaban J connectivity index is 1.84. The van der Waals surface area contributed by atoms with Gasteiger partial charge in [0, 0.05) is 49.8 Å². The zero-order valence-electron chi connectivity index (χ0n) is 18.1. The second-order valence-corrected chi connectivity index (χ2v) is 9.81. The fourth-order valence-corrected chi connectivity index (χ4v) is 4.78. The summed E-state index contributed by atoms with van der Waals surface area (Å²) in [5.41, 5.74) is -0.242. The van der Waals surface area contributed by atoms with Crippen LogP contribution in [0.1, 0.15) is 53.4 Å². The Morgan fingerprint density at radius 1 is 1.11 bits per heavy atom. The number of aliphatic imine (C=N–C) groups is 1. The lowest BCUT2D eigenvalue weighted by molar-refractivity contribution is 0.0529. The third-order valence-electron chi connectivity index (χ3n) is 5.18. The highest BCUT2D eigenvalue weighted by Crippen LogP contribution is 2.37. The van der Waals surface area contributed by atoms with Crippen LogP contribution in [0.15, 0.2) is 4.99 Å². The molecule has 2 fully saturated rings. The second-order valence-electron chi connectivity index (χ2n) is 8.58. The van der Waals surface area contributed by atoms with Crippen LogP contribution >= 0.6 is 11.8 Å². The number of amides is 1. The number of carbonyl (C=O) groups is 1. The first-order chi connectivity index (χ1) is 13.3. The number of guanidine groups is 1. The van der Waals surface area contributed by atoms with Crippen LogP contribution in [0.25, 0.3) is 0 Å². The van der Waals surface area contributed by atoms with Crippen molar-refractivity contribution >= 4 is 23.8 Å². The minimum absolute atomic E-state index is 0.234. The third-order valence-corrected chi connectivity index (χ3v) is 6.12. The first kappa shape index (κ1) is 23.1. The van der Waals surface area contributed by atoms with Crippen molar-refractivity contribution in [3.8, 4) is 0 Å². The van der Waals surface area contributed by atoms with Crippen LogP contribution in [0.4, 0.5) is 4.79 Å². The van der Waals surface area contributed by atoms with Crippen molar-refractivity contribution in [3.63, 3.8) is 0 Å². The molecule has 0 atom stereocenters. The van der Waals surface area contributed by atoms with Crippen LogP contribution in [0.2, 0.25) is 0 Å². The molecule has 7 nitrogen and oxygen atoms in total. The fourth-order valence-electron chi connectivity index (χ4n) is 3.87. The topological polar surface area (TPSA) is 78.0 Å². The molecule has 1 saturated carbocycles. The summed E-state index contributed by atoms with van der Waals surface area (Å²) < 4.78 is 5.26. The maximum Gasteiger partial charge on any atom is 0.407 e. The third kappa shape index (κ3) is 7.70. The van der Waals surface area contributed by atoms with E-state index in [-0.39, 0.29) is 11.6 Å². The molecule has 1 aliphatic carbocycles. The van der Waals surface area contributed by atoms with Crippen LogP contribution in [-0.2, 0) is 4.74 Å². The van der Waals surface area contributed by atoms with E-state index in [1.54, 1.807) is 0 Å². The van der Waals surface area contributed by atoms with Gasteiger partial charge >= 0.3 is 6.09 Å². The van der Waals surface area contributed by atoms with Gasteiger partial charge in [0.1, 0.15) is 5.60 Å². The molecule has 0 aromatic heterocycles. The summed E-state index contributed by atoms with van der Waals surface area (Å²) in [5, 5.41) is 9.43. The van der Waals surface area contributed by atoms with Crippen LogP contribution < -0.4 is 16.0 Å². The number of hydrogen-bond donors (Lipinski definition) is 3. The van der Waals surface area contributed by atoms with Gasteiger partial charge in [-0.3, -0.25) is 9.89 Å². The van der Waals surface area contributed by atoms with Crippen molar-refractivity contribution in [3.05, 3.63) is 0 Å². The zero-order chi connectivity index (χ0) is 20.5. The van der Waals surface area contributed by atoms with Gasteiger partial charge in [-0.15, -0.1) is 0 Å². The number of nitrogens with one attached hydrogen (secondary N) is 3. The molecule has 0 unspecified atom stereocenters. The SMILES string of the molecule is CCNC(=NCC1(N2CCSCC2)CCCC1)NCCNC(=O)OC(C)(C)C. The van der Waals surface area contributed by atoms with Crippen molar-refractivity contribution in [1.82, 2.24) is 20.9 Å². The van der Waals surface area contributed by atoms with Gasteiger partial charge in [-0.2, -0.15) is 11.8 Å². The Morgan fingerprint density at radius 3 is 2.36 bits per heavy atom. The number of hydrogen-bond acceptors (Lipinski definition) is 5. The molecule has 1 amide bonds. The predicted molar refractivity (Wildman–Crippen MR) is 118 cm³/mol. The van der Waals surface area contributed by atoms with E-state index in [1.807, 2.05) is 20.8 Å². The first-order valence-electron chi connectivity index (χ1n) is 10.7. The molecule has 1 aliphatic heterocycles. The summed E-state index contributed by atoms with van der Waals surface area (Å²) in [5.74, 6) is 3.30. The summed E-state index contributed by atoms with van der Waals surface area (Å²) in [6, 6.07) is 0. The molecule has 2 aliphatic rings. The fraction of sp³-hybridized carbons (Fsp3) is 0.900. The summed E-state index contributed by atoms with van der Waals surface area (Å²) in [6.07, 6.45) is 4.73. The lowest BCUT2D eigenvalue weighted by Gasteiger charge is -2.42. The van der Waals surface area contributed by atoms with Crippen LogP contribution in [0.3, 0.4) is 0 Å². The van der Waals surface area contributed by atoms with Crippen molar-refractivity contribution in [1.29, 1.82) is 0 Å². The lowest BCUT2D eigenvalue weighted by Crippen LogP contribution is -2.53. The van der Waals surface area contributed by atoms with Crippen molar-refractivity contribution in [2.75, 3.05) is 50.8 Å². The monoisotopic (exact) mass is 413 g/mol. The molecule has 0 aromatic rings. The highest BCUT2D eigenvalue weighted by Gasteiger charge is 2.39. The van der Waals surface area contributed by atoms with Crippen molar-refractivity contribution < 1.29 is 9.53 Å². The molecular formula is C20H39N5O2S. The molecule has 1 heterocycles. The molecular weight excluding hydrogens is 374 g/mol. The smallest absolute Gasteiger partial charge is 0.407 e. The summed E-state index contributed by atoms with van der Waals surface area (Å²) >= 11 is 2.06. The van der Waals surface area contributed by atoms with Gasteiger partial charge in [0.25, 0.3) is 0 Å². The quantitative estimate of drug-likeness (QED) is 0.338. The number of ether oxygens (including phenoxy) is 1. The number of nitrogens with zero attached hydrogens (tertiary/aromatic N) is 2. The van der Waals surface area contributed by atoms with Crippen LogP contribution in [0, 0.1) is 0 Å². The highest BCUT2D eigenvalue weighted by atomic mass is 32.2. The van der Waals surface area contributed by atoms with E-state index in [0.29, 0.717) is 13.1 Å². The molecule has 8 heteroatoms. The van der Waals surface area contributed by atoms with Gasteiger partial charge in [-0.25, -0.2) is 4.79 Å². The average Bonchev–Trinajstić information content (AvgIpc) is 3.12. The van der Waals surface area contributed by atoms with E-state index < -0.39 is 5.60 Å². The Bertz CT molecular complexity index is 509. The Morgan fingerprint density at radius 2 is 1.75 bits per heavy atom. The second kappa shape index (κ2) is 11.1. The predicted octanol–water partition coefficient (Wildman–Crippen LogP) is 2.43. The lowest BCUT2D eigenvalue weighted by atomic mass is 9.95. The zero-order valence-corrected chi connectivity index (χ0v) is 18.9. The van der Waals surface area contributed by atoms with E-state index in [4.69, 9.17) is 9.73 Å². The molecule has 3 N–H and O–H groups in total. The van der Waals surface area contributed by atoms with E-state index >= 15 is 0 Å². The van der Waals surface area contributed by atoms with E-state index in [0.717, 1.165) is 19.0 Å². The van der Waals surface area contributed by atoms with Crippen LogP contribution in [-0.4, -0.2) is 78.9 Å². The largest absolute Gasteiger partial charge is 0.444 e. The molecule has 0 aromatic carbocycles. The van der Waals surface area contributed by atoms with Crippen molar-refractivity contribution in [2.24, 2.45) is 4.99 Å². The summed E-state index contributed by atoms with van der Waals surface area (Å²) in [7, 11) is 0. The number of rotatable bonds is 7. The number of thioether (sulfide) groups is 1. The Kier molecular flexibility index (Phi) is 9.21. The molecule has 0 spiro atoms. The molecule has 162 valence electrons. The molecule has 0 bridgehead atoms. The molecule has 28 heavy (non-hydrogen) atoms. The Labute approximate surface area is 174 Å². The van der Waals surface area contributed by atoms with Crippen LogP contribution in [0.5, 0.6) is 0 Å². The average molecular weight is 414 g/mol. The standard InChI is InChI=1S/C20H39N5O2S/c1-5-21-17(22-10-11-23-18(26)27-19(2,3)4)24-16-20(8-6-7-9-20)25-12-14-28-15-13-25/h5-16H2,1-4H3,(H,23,26)(H2,21,22,24). The number of carbonyl (C=O) groups excluding carboxylic acids is 1. The van der Waals surface area contributed by atoms with Gasteiger partial charge in [-0.05, 0) is 40.5 Å². The van der Waals surface area contributed by atoms with Gasteiger partial charge in [-0.1, -0.05) is 12.8 Å². The van der Waals surface area contributed by atoms with Gasteiger partial charge in [0.15, 0.2) is 5.96 Å². The normalized spacial score (nSPS) is 20.6. The molecule has 2 rings (SSSR count). The molecule has 0 radical (unpaired) electrons. The van der Waals surface area contributed by atoms with Gasteiger partial charge in [0.05, 0.1) is 6.54 Å². The van der Waals surface area contributed by atoms with Crippen molar-refractivity contribution in [2.45, 2.75) is 64.5 Å². The highest BCUT2D eigenvalue weighted by molar-refractivity contribution is 7.99.